The molecule has 1 aliphatic carbocycles. The van der Waals surface area contributed by atoms with E-state index in [-0.39, 0.29) is 22.7 Å². The van der Waals surface area contributed by atoms with Gasteiger partial charge in [-0.05, 0) is 104 Å². The maximum Gasteiger partial charge on any atom is 0.181 e. The van der Waals surface area contributed by atoms with Crippen LogP contribution in [0, 0.1) is 23.2 Å². The first-order valence-electron chi connectivity index (χ1n) is 15.1. The number of halogens is 2. The van der Waals surface area contributed by atoms with E-state index >= 15 is 0 Å². The monoisotopic (exact) mass is 580 g/mol. The van der Waals surface area contributed by atoms with Crippen molar-refractivity contribution >= 4 is 40.4 Å². The van der Waals surface area contributed by atoms with Crippen molar-refractivity contribution in [1.29, 1.82) is 0 Å². The number of aliphatic imine (C=N–C) groups is 2. The van der Waals surface area contributed by atoms with Crippen molar-refractivity contribution in [3.63, 3.8) is 0 Å². The van der Waals surface area contributed by atoms with Crippen molar-refractivity contribution < 1.29 is 4.79 Å². The second-order valence-electron chi connectivity index (χ2n) is 13.2. The molecule has 2 aromatic carbocycles. The van der Waals surface area contributed by atoms with Gasteiger partial charge in [0.1, 0.15) is 5.71 Å². The lowest BCUT2D eigenvalue weighted by Gasteiger charge is -2.46. The maximum atomic E-state index is 13.8. The number of benzene rings is 2. The minimum atomic E-state index is -0.237. The molecule has 2 aromatic rings. The van der Waals surface area contributed by atoms with Gasteiger partial charge in [-0.25, -0.2) is 0 Å². The van der Waals surface area contributed by atoms with Crippen molar-refractivity contribution in [1.82, 2.24) is 0 Å². The highest BCUT2D eigenvalue weighted by atomic mass is 35.5. The highest BCUT2D eigenvalue weighted by molar-refractivity contribution is 6.47. The molecule has 0 N–H and O–H groups in total. The third-order valence-electron chi connectivity index (χ3n) is 9.56. The molecule has 0 aromatic heterocycles. The average Bonchev–Trinajstić information content (AvgIpc) is 3.00. The zero-order valence-electron chi connectivity index (χ0n) is 25.2. The normalized spacial score (nSPS) is 26.1. The molecular formula is C35H46Cl2N2O. The number of Topliss-reactive ketones (excluding diaryl/α,β-unsaturated/α-hetero) is 1. The van der Waals surface area contributed by atoms with Crippen LogP contribution >= 0.6 is 23.2 Å². The molecule has 4 rings (SSSR count). The predicted octanol–water partition coefficient (Wildman–Crippen LogP) is 9.83. The standard InChI is InChI=1S/C35H46Cl2N2O/c1-7-18-38-24(3)26-11-8-25(9-12-26)10-13-27-21-32(40)33(28-19-30(36)22-31(37)20-28)39-35(23(27)2)16-14-29(15-17-35)34(4,5)6/h8-9,11-12,19-20,22-23,27,29H,7,10,13-18,21H2,1-6H3. The Morgan fingerprint density at radius 2 is 1.68 bits per heavy atom. The van der Waals surface area contributed by atoms with Crippen molar-refractivity contribution in [2.45, 2.75) is 98.4 Å². The Morgan fingerprint density at radius 1 is 1.05 bits per heavy atom. The van der Waals surface area contributed by atoms with E-state index in [0.29, 0.717) is 34.0 Å². The Morgan fingerprint density at radius 3 is 2.25 bits per heavy atom. The van der Waals surface area contributed by atoms with Gasteiger partial charge in [0.15, 0.2) is 5.78 Å². The number of carbonyl (C=O) groups excluding carboxylic acids is 1. The molecule has 5 heteroatoms. The molecule has 2 atom stereocenters. The first-order chi connectivity index (χ1) is 18.9. The highest BCUT2D eigenvalue weighted by Crippen LogP contribution is 2.50. The van der Waals surface area contributed by atoms with Gasteiger partial charge in [0.25, 0.3) is 0 Å². The molecule has 0 bridgehead atoms. The fourth-order valence-electron chi connectivity index (χ4n) is 6.79. The first-order valence-corrected chi connectivity index (χ1v) is 15.9. The first kappa shape index (κ1) is 31.0. The summed E-state index contributed by atoms with van der Waals surface area (Å²) in [7, 11) is 0. The fraction of sp³-hybridized carbons (Fsp3) is 0.571. The molecule has 40 heavy (non-hydrogen) atoms. The van der Waals surface area contributed by atoms with Crippen LogP contribution in [-0.2, 0) is 11.2 Å². The summed E-state index contributed by atoms with van der Waals surface area (Å²) in [5, 5.41) is 1.08. The van der Waals surface area contributed by atoms with Crippen LogP contribution in [0.5, 0.6) is 0 Å². The Bertz CT molecular complexity index is 1230. The number of aryl methyl sites for hydroxylation is 1. The van der Waals surface area contributed by atoms with Gasteiger partial charge < -0.3 is 0 Å². The molecule has 1 heterocycles. The number of hydrogen-bond acceptors (Lipinski definition) is 3. The highest BCUT2D eigenvalue weighted by Gasteiger charge is 2.47. The van der Waals surface area contributed by atoms with Crippen LogP contribution in [0.25, 0.3) is 0 Å². The molecule has 1 saturated carbocycles. The summed E-state index contributed by atoms with van der Waals surface area (Å²) >= 11 is 12.8. The van der Waals surface area contributed by atoms with E-state index in [1.165, 1.54) is 11.1 Å². The second-order valence-corrected chi connectivity index (χ2v) is 14.1. The van der Waals surface area contributed by atoms with Crippen molar-refractivity contribution in [2.75, 3.05) is 6.54 Å². The van der Waals surface area contributed by atoms with Crippen LogP contribution in [0.3, 0.4) is 0 Å². The van der Waals surface area contributed by atoms with E-state index in [2.05, 4.69) is 70.8 Å². The molecule has 1 aliphatic heterocycles. The number of hydrogen-bond donors (Lipinski definition) is 0. The summed E-state index contributed by atoms with van der Waals surface area (Å²) in [6, 6.07) is 14.2. The third-order valence-corrected chi connectivity index (χ3v) is 10.00. The molecule has 2 aliphatic rings. The van der Waals surface area contributed by atoms with Crippen LogP contribution < -0.4 is 0 Å². The topological polar surface area (TPSA) is 41.8 Å². The van der Waals surface area contributed by atoms with E-state index < -0.39 is 0 Å². The summed E-state index contributed by atoms with van der Waals surface area (Å²) in [5.41, 5.74) is 4.95. The van der Waals surface area contributed by atoms with Crippen LogP contribution in [0.2, 0.25) is 10.0 Å². The molecule has 1 spiro atoms. The van der Waals surface area contributed by atoms with Crippen LogP contribution in [-0.4, -0.2) is 29.3 Å². The number of ketones is 1. The van der Waals surface area contributed by atoms with E-state index in [1.54, 1.807) is 6.07 Å². The Labute approximate surface area is 251 Å². The summed E-state index contributed by atoms with van der Waals surface area (Å²) in [4.78, 5) is 23.9. The van der Waals surface area contributed by atoms with Crippen molar-refractivity contribution in [2.24, 2.45) is 33.2 Å². The van der Waals surface area contributed by atoms with E-state index in [0.717, 1.165) is 62.8 Å². The molecule has 1 fully saturated rings. The fourth-order valence-corrected chi connectivity index (χ4v) is 7.32. The molecule has 216 valence electrons. The Balaban J connectivity index is 1.60. The van der Waals surface area contributed by atoms with Gasteiger partial charge >= 0.3 is 0 Å². The zero-order chi connectivity index (χ0) is 29.1. The van der Waals surface area contributed by atoms with Gasteiger partial charge in [-0.3, -0.25) is 14.8 Å². The van der Waals surface area contributed by atoms with Gasteiger partial charge in [-0.15, -0.1) is 0 Å². The lowest BCUT2D eigenvalue weighted by molar-refractivity contribution is -0.114. The quantitative estimate of drug-likeness (QED) is 0.300. The van der Waals surface area contributed by atoms with Crippen LogP contribution in [0.1, 0.15) is 103 Å². The van der Waals surface area contributed by atoms with Gasteiger partial charge in [0.2, 0.25) is 0 Å². The van der Waals surface area contributed by atoms with E-state index in [1.807, 2.05) is 12.1 Å². The Hall–Kier alpha value is -1.97. The van der Waals surface area contributed by atoms with Gasteiger partial charge in [0, 0.05) is 34.3 Å². The van der Waals surface area contributed by atoms with Gasteiger partial charge in [0.05, 0.1) is 5.54 Å². The second kappa shape index (κ2) is 12.9. The lowest BCUT2D eigenvalue weighted by Crippen LogP contribution is -2.43. The third kappa shape index (κ3) is 7.26. The molecule has 0 amide bonds. The van der Waals surface area contributed by atoms with Crippen LogP contribution in [0.4, 0.5) is 0 Å². The number of rotatable bonds is 7. The molecular weight excluding hydrogens is 535 g/mol. The summed E-state index contributed by atoms with van der Waals surface area (Å²) in [5.74, 6) is 1.36. The minimum Gasteiger partial charge on any atom is -0.292 e. The number of nitrogens with zero attached hydrogens (tertiary/aromatic N) is 2. The summed E-state index contributed by atoms with van der Waals surface area (Å²) in [6.07, 6.45) is 7.80. The van der Waals surface area contributed by atoms with E-state index in [4.69, 9.17) is 28.2 Å². The lowest BCUT2D eigenvalue weighted by atomic mass is 9.62. The summed E-state index contributed by atoms with van der Waals surface area (Å²) in [6.45, 7) is 14.5. The molecule has 2 unspecified atom stereocenters. The average molecular weight is 582 g/mol. The van der Waals surface area contributed by atoms with Crippen LogP contribution in [0.15, 0.2) is 52.4 Å². The molecule has 0 radical (unpaired) electrons. The van der Waals surface area contributed by atoms with E-state index in [9.17, 15) is 4.79 Å². The zero-order valence-corrected chi connectivity index (χ0v) is 26.7. The van der Waals surface area contributed by atoms with Gasteiger partial charge in [-0.2, -0.15) is 0 Å². The Kier molecular flexibility index (Phi) is 9.99. The SMILES string of the molecule is CCCN=C(C)c1ccc(CCC2CC(=O)C(c3cc(Cl)cc(Cl)c3)=NC3(CCC(C(C)(C)C)CC3)C2C)cc1. The smallest absolute Gasteiger partial charge is 0.181 e. The number of carbonyl (C=O) groups is 1. The predicted molar refractivity (Wildman–Crippen MR) is 172 cm³/mol. The molecule has 0 saturated heterocycles. The maximum absolute atomic E-state index is 13.8. The van der Waals surface area contributed by atoms with Gasteiger partial charge in [-0.1, -0.05) is 82.1 Å². The van der Waals surface area contributed by atoms with Crippen molar-refractivity contribution in [3.05, 3.63) is 69.2 Å². The largest absolute Gasteiger partial charge is 0.292 e. The van der Waals surface area contributed by atoms with Crippen molar-refractivity contribution in [3.8, 4) is 0 Å². The minimum absolute atomic E-state index is 0.114. The molecule has 3 nitrogen and oxygen atoms in total. The summed E-state index contributed by atoms with van der Waals surface area (Å²) < 4.78 is 0.